The minimum Gasteiger partial charge on any atom is -0.475 e. The molecule has 0 radical (unpaired) electrons. The number of aliphatic hydroxyl groups is 1. The molecule has 6 heterocycles. The number of nitrogens with one attached hydrogen (secondary N) is 2. The van der Waals surface area contributed by atoms with E-state index in [9.17, 15) is 14.7 Å². The van der Waals surface area contributed by atoms with Gasteiger partial charge >= 0.3 is 0 Å². The van der Waals surface area contributed by atoms with Gasteiger partial charge in [-0.2, -0.15) is 0 Å². The van der Waals surface area contributed by atoms with Crippen LogP contribution in [0.3, 0.4) is 0 Å². The fourth-order valence-electron chi connectivity index (χ4n) is 7.90. The Hall–Kier alpha value is -6.20. The van der Waals surface area contributed by atoms with Crippen molar-refractivity contribution in [3.8, 4) is 33.3 Å². The van der Waals surface area contributed by atoms with E-state index in [0.717, 1.165) is 54.6 Å². The van der Waals surface area contributed by atoms with E-state index < -0.39 is 18.1 Å². The standard InChI is InChI=1S/C47H51N7O8S/c1-28(2)44(47(57)54-26-35(55)22-40(54)46(56)51-29(3)31-5-7-32(8-6-31)45-30(4)50-27-63-45)41-23-43(53-62-41)61-20-18-59-16-15-58-17-19-60-42-12-10-34(24-49-42)33-9-11-36-37-25-48-14-13-38(37)52-39(36)21-33/h5-14,21,23-25,27-29,35,40,44,52,55H,15-20,22,26H2,1-4H3,(H,51,56)/t29-,35+,40-,44-/m0/s1. The number of hydrogen-bond donors (Lipinski definition) is 3. The molecule has 1 aliphatic heterocycles. The van der Waals surface area contributed by atoms with Crippen molar-refractivity contribution in [3.63, 3.8) is 0 Å². The summed E-state index contributed by atoms with van der Waals surface area (Å²) in [5, 5.41) is 19.9. The quantitative estimate of drug-likeness (QED) is 0.0692. The molecule has 2 aromatic carbocycles. The van der Waals surface area contributed by atoms with E-state index in [0.29, 0.717) is 38.1 Å². The molecule has 0 saturated carbocycles. The number of rotatable bonds is 19. The van der Waals surface area contributed by atoms with Gasteiger partial charge in [0.1, 0.15) is 25.2 Å². The summed E-state index contributed by atoms with van der Waals surface area (Å²) < 4.78 is 28.4. The number of aromatic nitrogens is 5. The second-order valence-electron chi connectivity index (χ2n) is 15.9. The molecule has 0 spiro atoms. The zero-order valence-corrected chi connectivity index (χ0v) is 36.5. The first-order valence-electron chi connectivity index (χ1n) is 21.1. The van der Waals surface area contributed by atoms with Gasteiger partial charge in [-0.25, -0.2) is 9.97 Å². The van der Waals surface area contributed by atoms with Crippen LogP contribution in [0.15, 0.2) is 95.4 Å². The third kappa shape index (κ3) is 10.2. The van der Waals surface area contributed by atoms with Crippen molar-refractivity contribution in [2.45, 2.75) is 58.2 Å². The van der Waals surface area contributed by atoms with Crippen LogP contribution in [0.2, 0.25) is 0 Å². The van der Waals surface area contributed by atoms with Crippen molar-refractivity contribution in [1.82, 2.24) is 35.3 Å². The number of β-amino-alcohol motifs (C(OH)–C–C–N with tert-alkyl or cyclic N) is 1. The highest BCUT2D eigenvalue weighted by molar-refractivity contribution is 7.13. The molecule has 3 N–H and O–H groups in total. The number of benzene rings is 2. The second-order valence-corrected chi connectivity index (χ2v) is 16.8. The van der Waals surface area contributed by atoms with Gasteiger partial charge in [0, 0.05) is 71.1 Å². The Morgan fingerprint density at radius 1 is 0.857 bits per heavy atom. The van der Waals surface area contributed by atoms with Gasteiger partial charge in [0.2, 0.25) is 17.7 Å². The molecule has 328 valence electrons. The first-order valence-corrected chi connectivity index (χ1v) is 22.0. The van der Waals surface area contributed by atoms with Crippen LogP contribution < -0.4 is 14.8 Å². The number of H-pyrrole nitrogens is 1. The highest BCUT2D eigenvalue weighted by atomic mass is 32.1. The number of hydrogen-bond acceptors (Lipinski definition) is 13. The summed E-state index contributed by atoms with van der Waals surface area (Å²) in [5.74, 6) is -0.531. The zero-order chi connectivity index (χ0) is 43.9. The average Bonchev–Trinajstić information content (AvgIpc) is 4.10. The van der Waals surface area contributed by atoms with Gasteiger partial charge in [-0.15, -0.1) is 11.3 Å². The molecule has 7 aromatic rings. The van der Waals surface area contributed by atoms with Gasteiger partial charge in [-0.3, -0.25) is 14.6 Å². The Morgan fingerprint density at radius 3 is 2.30 bits per heavy atom. The number of thiazole rings is 1. The molecule has 63 heavy (non-hydrogen) atoms. The molecule has 0 aliphatic carbocycles. The molecule has 5 aromatic heterocycles. The number of fused-ring (bicyclic) bond motifs is 3. The van der Waals surface area contributed by atoms with Crippen LogP contribution in [0.5, 0.6) is 11.8 Å². The number of ether oxygens (including phenoxy) is 4. The number of likely N-dealkylation sites (tertiary alicyclic amines) is 1. The molecule has 1 saturated heterocycles. The topological polar surface area (TPSA) is 187 Å². The monoisotopic (exact) mass is 873 g/mol. The summed E-state index contributed by atoms with van der Waals surface area (Å²) in [6, 6.07) is 20.5. The van der Waals surface area contributed by atoms with Crippen molar-refractivity contribution in [1.29, 1.82) is 0 Å². The number of nitrogens with zero attached hydrogens (tertiary/aromatic N) is 5. The second kappa shape index (κ2) is 19.9. The highest BCUT2D eigenvalue weighted by Crippen LogP contribution is 2.34. The Bertz CT molecular complexity index is 2630. The molecular weight excluding hydrogens is 823 g/mol. The van der Waals surface area contributed by atoms with Gasteiger partial charge in [-0.05, 0) is 59.8 Å². The minimum absolute atomic E-state index is 0.0399. The predicted octanol–water partition coefficient (Wildman–Crippen LogP) is 7.27. The number of aliphatic hydroxyl groups excluding tert-OH is 1. The van der Waals surface area contributed by atoms with Crippen LogP contribution in [-0.2, 0) is 19.1 Å². The smallest absolute Gasteiger partial charge is 0.254 e. The van der Waals surface area contributed by atoms with Gasteiger partial charge in [-0.1, -0.05) is 50.2 Å². The summed E-state index contributed by atoms with van der Waals surface area (Å²) in [7, 11) is 0. The number of pyridine rings is 2. The number of aryl methyl sites for hydroxylation is 1. The van der Waals surface area contributed by atoms with Crippen LogP contribution in [0, 0.1) is 12.8 Å². The van der Waals surface area contributed by atoms with E-state index in [1.54, 1.807) is 29.8 Å². The third-order valence-electron chi connectivity index (χ3n) is 11.2. The van der Waals surface area contributed by atoms with E-state index in [2.05, 4.69) is 48.6 Å². The van der Waals surface area contributed by atoms with Gasteiger partial charge in [0.05, 0.1) is 54.7 Å². The van der Waals surface area contributed by atoms with Crippen LogP contribution in [0.4, 0.5) is 0 Å². The molecule has 2 amide bonds. The fourth-order valence-corrected chi connectivity index (χ4v) is 8.71. The van der Waals surface area contributed by atoms with Crippen LogP contribution >= 0.6 is 11.3 Å². The molecule has 0 unspecified atom stereocenters. The third-order valence-corrected chi connectivity index (χ3v) is 12.2. The van der Waals surface area contributed by atoms with Crippen molar-refractivity contribution in [2.75, 3.05) is 46.2 Å². The fraction of sp³-hybridized carbons (Fsp3) is 0.362. The summed E-state index contributed by atoms with van der Waals surface area (Å²) in [4.78, 5) is 46.7. The largest absolute Gasteiger partial charge is 0.475 e. The van der Waals surface area contributed by atoms with Crippen molar-refractivity contribution in [2.24, 2.45) is 5.92 Å². The van der Waals surface area contributed by atoms with Crippen LogP contribution in [0.1, 0.15) is 56.2 Å². The first kappa shape index (κ1) is 43.4. The molecule has 0 bridgehead atoms. The summed E-state index contributed by atoms with van der Waals surface area (Å²) in [6.45, 7) is 9.65. The maximum Gasteiger partial charge on any atom is 0.254 e. The zero-order valence-electron chi connectivity index (χ0n) is 35.7. The van der Waals surface area contributed by atoms with E-state index >= 15 is 0 Å². The van der Waals surface area contributed by atoms with E-state index in [1.807, 2.05) is 81.9 Å². The number of carbonyl (C=O) groups excluding carboxylic acids is 2. The van der Waals surface area contributed by atoms with Crippen LogP contribution in [-0.4, -0.2) is 105 Å². The molecule has 1 fully saturated rings. The first-order chi connectivity index (χ1) is 30.6. The lowest BCUT2D eigenvalue weighted by atomic mass is 9.91. The summed E-state index contributed by atoms with van der Waals surface area (Å²) >= 11 is 1.59. The predicted molar refractivity (Wildman–Crippen MR) is 239 cm³/mol. The highest BCUT2D eigenvalue weighted by Gasteiger charge is 2.43. The van der Waals surface area contributed by atoms with Gasteiger partial charge < -0.3 is 43.8 Å². The van der Waals surface area contributed by atoms with Crippen molar-refractivity contribution in [3.05, 3.63) is 108 Å². The number of aromatic amines is 1. The maximum atomic E-state index is 14.1. The molecular formula is C47H51N7O8S. The number of amides is 2. The lowest BCUT2D eigenvalue weighted by molar-refractivity contribution is -0.141. The minimum atomic E-state index is -0.838. The van der Waals surface area contributed by atoms with Crippen molar-refractivity contribution >= 4 is 45.0 Å². The lowest BCUT2D eigenvalue weighted by Gasteiger charge is -2.29. The Kier molecular flexibility index (Phi) is 13.7. The van der Waals surface area contributed by atoms with E-state index in [4.69, 9.17) is 23.5 Å². The Morgan fingerprint density at radius 2 is 1.59 bits per heavy atom. The van der Waals surface area contributed by atoms with Gasteiger partial charge in [0.15, 0.2) is 5.76 Å². The summed E-state index contributed by atoms with van der Waals surface area (Å²) in [6.07, 6.45) is 4.76. The molecule has 1 aliphatic rings. The van der Waals surface area contributed by atoms with Crippen molar-refractivity contribution < 1.29 is 38.2 Å². The average molecular weight is 874 g/mol. The molecule has 15 nitrogen and oxygen atoms in total. The normalized spacial score (nSPS) is 16.2. The van der Waals surface area contributed by atoms with Crippen LogP contribution in [0.25, 0.3) is 43.4 Å². The maximum absolute atomic E-state index is 14.1. The molecule has 8 rings (SSSR count). The summed E-state index contributed by atoms with van der Waals surface area (Å²) in [5.41, 5.74) is 8.93. The molecule has 4 atom stereocenters. The Balaban J connectivity index is 0.733. The lowest BCUT2D eigenvalue weighted by Crippen LogP contribution is -2.48. The van der Waals surface area contributed by atoms with E-state index in [1.165, 1.54) is 4.90 Å². The SMILES string of the molecule is Cc1ncsc1-c1ccc([C@H](C)NC(=O)[C@@H]2C[C@@H](O)CN2C(=O)[C@H](c2cc(OCCOCCOCCOc3ccc(-c4ccc5c(c4)[nH]c4ccncc45)cn3)no2)C(C)C)cc1. The number of carbonyl (C=O) groups is 2. The van der Waals surface area contributed by atoms with E-state index in [-0.39, 0.29) is 55.8 Å². The van der Waals surface area contributed by atoms with Gasteiger partial charge in [0.25, 0.3) is 5.88 Å². The molecule has 16 heteroatoms. The Labute approximate surface area is 368 Å².